The highest BCUT2D eigenvalue weighted by molar-refractivity contribution is 7.10. The Balaban J connectivity index is 1.85. The highest BCUT2D eigenvalue weighted by atomic mass is 32.1. The molecule has 3 aromatic rings. The second kappa shape index (κ2) is 4.31. The fraction of sp³-hybridized carbons (Fsp3) is 0.154. The summed E-state index contributed by atoms with van der Waals surface area (Å²) in [5.41, 5.74) is 1.96. The third-order valence-corrected chi connectivity index (χ3v) is 3.67. The molecule has 86 valence electrons. The molecule has 0 aliphatic rings. The first-order chi connectivity index (χ1) is 8.33. The summed E-state index contributed by atoms with van der Waals surface area (Å²) in [5, 5.41) is 12.0. The van der Waals surface area contributed by atoms with Crippen molar-refractivity contribution in [2.24, 2.45) is 0 Å². The lowest BCUT2D eigenvalue weighted by Gasteiger charge is -2.05. The molecule has 2 heterocycles. The summed E-state index contributed by atoms with van der Waals surface area (Å²) < 4.78 is 0. The van der Waals surface area contributed by atoms with Gasteiger partial charge in [-0.25, -0.2) is 4.98 Å². The van der Waals surface area contributed by atoms with Crippen LogP contribution in [-0.4, -0.2) is 15.1 Å². The number of hydrogen-bond donors (Lipinski definition) is 2. The fourth-order valence-corrected chi connectivity index (χ4v) is 2.58. The summed E-state index contributed by atoms with van der Waals surface area (Å²) in [5.74, 6) is 0.826. The van der Waals surface area contributed by atoms with Gasteiger partial charge in [-0.3, -0.25) is 0 Å². The molecule has 2 aromatic heterocycles. The first kappa shape index (κ1) is 10.5. The van der Waals surface area contributed by atoms with E-state index >= 15 is 0 Å². The standard InChI is InChI=1S/C13H12N2OS/c16-11(12-6-3-7-17-12)8-13-14-9-4-1-2-5-10(9)15-13/h1-7,11,16H,8H2,(H,14,15)/t11-/m1/s1. The summed E-state index contributed by atoms with van der Waals surface area (Å²) in [7, 11) is 0. The zero-order valence-corrected chi connectivity index (χ0v) is 9.95. The van der Waals surface area contributed by atoms with Gasteiger partial charge in [-0.15, -0.1) is 11.3 Å². The van der Waals surface area contributed by atoms with E-state index in [1.165, 1.54) is 0 Å². The summed E-state index contributed by atoms with van der Waals surface area (Å²) in [6.45, 7) is 0. The molecule has 3 rings (SSSR count). The normalized spacial score (nSPS) is 13.0. The van der Waals surface area contributed by atoms with Gasteiger partial charge in [0.25, 0.3) is 0 Å². The average Bonchev–Trinajstić information content (AvgIpc) is 2.97. The number of fused-ring (bicyclic) bond motifs is 1. The molecular weight excluding hydrogens is 232 g/mol. The summed E-state index contributed by atoms with van der Waals surface area (Å²) in [4.78, 5) is 8.65. The zero-order valence-electron chi connectivity index (χ0n) is 9.13. The molecule has 0 saturated carbocycles. The highest BCUT2D eigenvalue weighted by Gasteiger charge is 2.12. The largest absolute Gasteiger partial charge is 0.387 e. The molecule has 1 aromatic carbocycles. The van der Waals surface area contributed by atoms with Crippen molar-refractivity contribution in [3.8, 4) is 0 Å². The maximum Gasteiger partial charge on any atom is 0.110 e. The van der Waals surface area contributed by atoms with Crippen molar-refractivity contribution in [1.29, 1.82) is 0 Å². The van der Waals surface area contributed by atoms with E-state index in [9.17, 15) is 5.11 Å². The van der Waals surface area contributed by atoms with Gasteiger partial charge in [0.1, 0.15) is 5.82 Å². The van der Waals surface area contributed by atoms with Crippen LogP contribution in [0.4, 0.5) is 0 Å². The van der Waals surface area contributed by atoms with Crippen molar-refractivity contribution in [2.45, 2.75) is 12.5 Å². The first-order valence-electron chi connectivity index (χ1n) is 5.48. The van der Waals surface area contributed by atoms with E-state index in [1.54, 1.807) is 11.3 Å². The first-order valence-corrected chi connectivity index (χ1v) is 6.36. The van der Waals surface area contributed by atoms with Gasteiger partial charge in [0.2, 0.25) is 0 Å². The maximum atomic E-state index is 10.0. The van der Waals surface area contributed by atoms with Crippen molar-refractivity contribution in [3.63, 3.8) is 0 Å². The number of nitrogens with one attached hydrogen (secondary N) is 1. The molecule has 0 unspecified atom stereocenters. The van der Waals surface area contributed by atoms with Crippen LogP contribution in [0.25, 0.3) is 11.0 Å². The van der Waals surface area contributed by atoms with Gasteiger partial charge in [0.15, 0.2) is 0 Å². The van der Waals surface area contributed by atoms with Gasteiger partial charge in [0, 0.05) is 11.3 Å². The molecule has 0 saturated heterocycles. The van der Waals surface area contributed by atoms with Crippen molar-refractivity contribution in [2.75, 3.05) is 0 Å². The van der Waals surface area contributed by atoms with E-state index in [0.717, 1.165) is 21.7 Å². The van der Waals surface area contributed by atoms with E-state index in [2.05, 4.69) is 9.97 Å². The summed E-state index contributed by atoms with van der Waals surface area (Å²) in [6, 6.07) is 11.8. The molecule has 0 bridgehead atoms. The average molecular weight is 244 g/mol. The molecular formula is C13H12N2OS. The van der Waals surface area contributed by atoms with Crippen molar-refractivity contribution >= 4 is 22.4 Å². The lowest BCUT2D eigenvalue weighted by Crippen LogP contribution is -2.00. The minimum atomic E-state index is -0.476. The predicted octanol–water partition coefficient (Wildman–Crippen LogP) is 2.90. The third-order valence-electron chi connectivity index (χ3n) is 2.70. The number of para-hydroxylation sites is 2. The van der Waals surface area contributed by atoms with Crippen LogP contribution in [0.5, 0.6) is 0 Å². The van der Waals surface area contributed by atoms with E-state index < -0.39 is 6.10 Å². The summed E-state index contributed by atoms with van der Waals surface area (Å²) in [6.07, 6.45) is 0.0467. The van der Waals surface area contributed by atoms with Crippen molar-refractivity contribution < 1.29 is 5.11 Å². The van der Waals surface area contributed by atoms with Crippen LogP contribution in [-0.2, 0) is 6.42 Å². The molecule has 17 heavy (non-hydrogen) atoms. The van der Waals surface area contributed by atoms with Crippen LogP contribution < -0.4 is 0 Å². The number of H-pyrrole nitrogens is 1. The van der Waals surface area contributed by atoms with Gasteiger partial charge in [-0.1, -0.05) is 18.2 Å². The molecule has 1 atom stereocenters. The van der Waals surface area contributed by atoms with E-state index in [-0.39, 0.29) is 0 Å². The Labute approximate surface area is 103 Å². The minimum absolute atomic E-state index is 0.476. The fourth-order valence-electron chi connectivity index (χ4n) is 1.87. The van der Waals surface area contributed by atoms with Gasteiger partial charge in [-0.2, -0.15) is 0 Å². The van der Waals surface area contributed by atoms with Gasteiger partial charge >= 0.3 is 0 Å². The number of rotatable bonds is 3. The van der Waals surface area contributed by atoms with Crippen LogP contribution in [0.3, 0.4) is 0 Å². The summed E-state index contributed by atoms with van der Waals surface area (Å²) >= 11 is 1.57. The lowest BCUT2D eigenvalue weighted by molar-refractivity contribution is 0.180. The van der Waals surface area contributed by atoms with Gasteiger partial charge < -0.3 is 10.1 Å². The number of aliphatic hydroxyl groups excluding tert-OH is 1. The number of benzene rings is 1. The van der Waals surface area contributed by atoms with Crippen LogP contribution in [0.15, 0.2) is 41.8 Å². The predicted molar refractivity (Wildman–Crippen MR) is 69.1 cm³/mol. The second-order valence-electron chi connectivity index (χ2n) is 3.94. The molecule has 0 amide bonds. The molecule has 0 aliphatic carbocycles. The third kappa shape index (κ3) is 2.09. The van der Waals surface area contributed by atoms with Gasteiger partial charge in [0.05, 0.1) is 17.1 Å². The van der Waals surface area contributed by atoms with Crippen LogP contribution in [0.1, 0.15) is 16.8 Å². The zero-order chi connectivity index (χ0) is 11.7. The number of imidazole rings is 1. The number of thiophene rings is 1. The van der Waals surface area contributed by atoms with Crippen molar-refractivity contribution in [3.05, 3.63) is 52.5 Å². The Morgan fingerprint density at radius 3 is 2.88 bits per heavy atom. The number of aromatic nitrogens is 2. The van der Waals surface area contributed by atoms with E-state index in [1.807, 2.05) is 41.8 Å². The SMILES string of the molecule is O[C@H](Cc1nc2ccccc2[nH]1)c1cccs1. The Morgan fingerprint density at radius 1 is 1.24 bits per heavy atom. The molecule has 4 heteroatoms. The van der Waals surface area contributed by atoms with Crippen molar-refractivity contribution in [1.82, 2.24) is 9.97 Å². The minimum Gasteiger partial charge on any atom is -0.387 e. The number of nitrogens with zero attached hydrogens (tertiary/aromatic N) is 1. The topological polar surface area (TPSA) is 48.9 Å². The number of aromatic amines is 1. The van der Waals surface area contributed by atoms with E-state index in [4.69, 9.17) is 0 Å². The lowest BCUT2D eigenvalue weighted by atomic mass is 10.2. The van der Waals surface area contributed by atoms with E-state index in [0.29, 0.717) is 6.42 Å². The van der Waals surface area contributed by atoms with Gasteiger partial charge in [-0.05, 0) is 23.6 Å². The quantitative estimate of drug-likeness (QED) is 0.744. The molecule has 0 radical (unpaired) electrons. The molecule has 2 N–H and O–H groups in total. The Hall–Kier alpha value is -1.65. The second-order valence-corrected chi connectivity index (χ2v) is 4.92. The Bertz CT molecular complexity index is 582. The smallest absolute Gasteiger partial charge is 0.110 e. The van der Waals surface area contributed by atoms with Crippen LogP contribution >= 0.6 is 11.3 Å². The Kier molecular flexibility index (Phi) is 2.66. The maximum absolute atomic E-state index is 10.0. The molecule has 0 spiro atoms. The Morgan fingerprint density at radius 2 is 2.12 bits per heavy atom. The van der Waals surface area contributed by atoms with Crippen LogP contribution in [0.2, 0.25) is 0 Å². The number of hydrogen-bond acceptors (Lipinski definition) is 3. The highest BCUT2D eigenvalue weighted by Crippen LogP contribution is 2.22. The monoisotopic (exact) mass is 244 g/mol. The van der Waals surface area contributed by atoms with Crippen LogP contribution in [0, 0.1) is 0 Å². The molecule has 0 fully saturated rings. The number of aliphatic hydroxyl groups is 1. The molecule has 0 aliphatic heterocycles. The molecule has 3 nitrogen and oxygen atoms in total.